The van der Waals surface area contributed by atoms with Crippen molar-refractivity contribution >= 4 is 38.4 Å². The summed E-state index contributed by atoms with van der Waals surface area (Å²) in [5, 5.41) is 12.4. The maximum Gasteiger partial charge on any atom is 0.335 e. The van der Waals surface area contributed by atoms with Gasteiger partial charge in [0, 0.05) is 11.6 Å². The number of fused-ring (bicyclic) bond motifs is 1. The number of ether oxygens (including phenoxy) is 1. The van der Waals surface area contributed by atoms with Crippen LogP contribution in [0.4, 0.5) is 11.4 Å². The van der Waals surface area contributed by atoms with Crippen LogP contribution in [-0.4, -0.2) is 36.4 Å². The molecule has 0 amide bonds. The second-order valence-electron chi connectivity index (χ2n) is 8.39. The van der Waals surface area contributed by atoms with E-state index in [9.17, 15) is 23.1 Å². The second-order valence-corrected chi connectivity index (χ2v) is 10.1. The van der Waals surface area contributed by atoms with Crippen LogP contribution in [0, 0.1) is 0 Å². The zero-order chi connectivity index (χ0) is 27.6. The lowest BCUT2D eigenvalue weighted by molar-refractivity contribution is 0.401. The molecule has 0 fully saturated rings. The number of sulfonamides is 1. The van der Waals surface area contributed by atoms with Crippen LogP contribution in [0.2, 0.25) is 0 Å². The predicted molar refractivity (Wildman–Crippen MR) is 149 cm³/mol. The molecule has 0 saturated heterocycles. The molecule has 0 aliphatic carbocycles. The highest BCUT2D eigenvalue weighted by Gasteiger charge is 2.18. The number of hydrogen-bond donors (Lipinski definition) is 3. The molecule has 3 N–H and O–H groups in total. The van der Waals surface area contributed by atoms with Gasteiger partial charge in [-0.05, 0) is 47.9 Å². The third-order valence-corrected chi connectivity index (χ3v) is 7.35. The van der Waals surface area contributed by atoms with Crippen LogP contribution in [0.3, 0.4) is 0 Å². The normalized spacial score (nSPS) is 11.6. The van der Waals surface area contributed by atoms with E-state index in [4.69, 9.17) is 4.74 Å². The van der Waals surface area contributed by atoms with Gasteiger partial charge >= 0.3 is 5.69 Å². The standard InChI is InChI=1S/C28H22N4O6S/c1-38-25-12-5-4-11-24(25)32-27(34)22(26(33)30-28(32)35)17-29-19-13-15-20(16-14-19)39(36,37)31-23-10-6-8-18-7-2-3-9-21(18)23/h2-17,31,34H,1H3,(H,30,33,35). The Bertz CT molecular complexity index is 1940. The summed E-state index contributed by atoms with van der Waals surface area (Å²) in [7, 11) is -2.48. The van der Waals surface area contributed by atoms with E-state index in [1.807, 2.05) is 30.3 Å². The Morgan fingerprint density at radius 3 is 2.38 bits per heavy atom. The van der Waals surface area contributed by atoms with Crippen LogP contribution in [-0.2, 0) is 10.0 Å². The molecule has 4 aromatic carbocycles. The highest BCUT2D eigenvalue weighted by atomic mass is 32.2. The van der Waals surface area contributed by atoms with E-state index < -0.39 is 27.2 Å². The SMILES string of the molecule is COc1ccccc1-n1c(O)c(C=Nc2ccc(S(=O)(=O)Nc3cccc4ccccc34)cc2)c(=O)[nH]c1=O. The molecule has 5 aromatic rings. The minimum atomic E-state index is -3.90. The number of aromatic amines is 1. The minimum absolute atomic E-state index is 0.0137. The Morgan fingerprint density at radius 2 is 1.62 bits per heavy atom. The first-order valence-electron chi connectivity index (χ1n) is 11.6. The van der Waals surface area contributed by atoms with Gasteiger partial charge in [0.1, 0.15) is 11.3 Å². The lowest BCUT2D eigenvalue weighted by Crippen LogP contribution is -2.31. The second kappa shape index (κ2) is 10.3. The van der Waals surface area contributed by atoms with E-state index in [1.165, 1.54) is 31.4 Å². The number of hydrogen-bond acceptors (Lipinski definition) is 7. The maximum atomic E-state index is 13.0. The van der Waals surface area contributed by atoms with Gasteiger partial charge in [-0.1, -0.05) is 48.5 Å². The lowest BCUT2D eigenvalue weighted by atomic mass is 10.1. The van der Waals surface area contributed by atoms with Crippen molar-refractivity contribution in [2.75, 3.05) is 11.8 Å². The van der Waals surface area contributed by atoms with Crippen molar-refractivity contribution in [2.45, 2.75) is 4.90 Å². The zero-order valence-electron chi connectivity index (χ0n) is 20.5. The zero-order valence-corrected chi connectivity index (χ0v) is 21.3. The van der Waals surface area contributed by atoms with Crippen LogP contribution in [0.25, 0.3) is 16.5 Å². The number of anilines is 1. The Hall–Kier alpha value is -5.16. The molecular weight excluding hydrogens is 520 g/mol. The van der Waals surface area contributed by atoms with Crippen molar-refractivity contribution < 1.29 is 18.3 Å². The number of nitrogens with zero attached hydrogens (tertiary/aromatic N) is 2. The molecule has 5 rings (SSSR count). The summed E-state index contributed by atoms with van der Waals surface area (Å²) in [6, 6.07) is 24.9. The van der Waals surface area contributed by atoms with Gasteiger partial charge in [0.05, 0.1) is 29.1 Å². The summed E-state index contributed by atoms with van der Waals surface area (Å²) >= 11 is 0. The lowest BCUT2D eigenvalue weighted by Gasteiger charge is -2.12. The Balaban J connectivity index is 1.43. The van der Waals surface area contributed by atoms with Gasteiger partial charge in [0.2, 0.25) is 5.88 Å². The van der Waals surface area contributed by atoms with Crippen LogP contribution >= 0.6 is 0 Å². The van der Waals surface area contributed by atoms with E-state index in [1.54, 1.807) is 36.4 Å². The minimum Gasteiger partial charge on any atom is -0.495 e. The quantitative estimate of drug-likeness (QED) is 0.266. The third-order valence-electron chi connectivity index (χ3n) is 5.97. The summed E-state index contributed by atoms with van der Waals surface area (Å²) in [5.41, 5.74) is -0.974. The molecule has 0 radical (unpaired) electrons. The number of methoxy groups -OCH3 is 1. The summed E-state index contributed by atoms with van der Waals surface area (Å²) < 4.78 is 34.8. The van der Waals surface area contributed by atoms with Crippen molar-refractivity contribution in [3.8, 4) is 17.3 Å². The molecule has 11 heteroatoms. The van der Waals surface area contributed by atoms with E-state index >= 15 is 0 Å². The van der Waals surface area contributed by atoms with Gasteiger partial charge in [-0.15, -0.1) is 0 Å². The number of benzene rings is 4. The molecule has 0 aliphatic rings. The van der Waals surface area contributed by atoms with Crippen molar-refractivity contribution in [1.82, 2.24) is 9.55 Å². The van der Waals surface area contributed by atoms with Gasteiger partial charge in [-0.2, -0.15) is 0 Å². The topological polar surface area (TPSA) is 143 Å². The smallest absolute Gasteiger partial charge is 0.335 e. The summed E-state index contributed by atoms with van der Waals surface area (Å²) in [6.07, 6.45) is 1.09. The molecule has 0 aliphatic heterocycles. The predicted octanol–water partition coefficient (Wildman–Crippen LogP) is 3.94. The Labute approximate surface area is 222 Å². The molecule has 0 atom stereocenters. The maximum absolute atomic E-state index is 13.0. The molecule has 0 unspecified atom stereocenters. The number of rotatable bonds is 7. The molecule has 1 heterocycles. The van der Waals surface area contributed by atoms with E-state index in [-0.39, 0.29) is 16.1 Å². The van der Waals surface area contributed by atoms with Crippen molar-refractivity contribution in [1.29, 1.82) is 0 Å². The highest BCUT2D eigenvalue weighted by molar-refractivity contribution is 7.92. The molecule has 0 saturated carbocycles. The van der Waals surface area contributed by atoms with Crippen molar-refractivity contribution in [2.24, 2.45) is 4.99 Å². The molecule has 0 bridgehead atoms. The van der Waals surface area contributed by atoms with Gasteiger partial charge < -0.3 is 9.84 Å². The Morgan fingerprint density at radius 1 is 0.923 bits per heavy atom. The number of aliphatic imine (C=N–C) groups is 1. The average Bonchev–Trinajstić information content (AvgIpc) is 2.93. The summed E-state index contributed by atoms with van der Waals surface area (Å²) in [5.74, 6) is -0.325. The van der Waals surface area contributed by atoms with Crippen molar-refractivity contribution in [3.63, 3.8) is 0 Å². The largest absolute Gasteiger partial charge is 0.495 e. The van der Waals surface area contributed by atoms with Gasteiger partial charge in [-0.3, -0.25) is 19.5 Å². The fourth-order valence-electron chi connectivity index (χ4n) is 4.06. The molecule has 39 heavy (non-hydrogen) atoms. The van der Waals surface area contributed by atoms with Crippen LogP contribution < -0.4 is 20.7 Å². The Kier molecular flexibility index (Phi) is 6.73. The molecule has 0 spiro atoms. The monoisotopic (exact) mass is 542 g/mol. The van der Waals surface area contributed by atoms with Gasteiger partial charge in [-0.25, -0.2) is 17.8 Å². The molecule has 10 nitrogen and oxygen atoms in total. The van der Waals surface area contributed by atoms with Crippen molar-refractivity contribution in [3.05, 3.63) is 117 Å². The van der Waals surface area contributed by atoms with Gasteiger partial charge in [0.15, 0.2) is 0 Å². The third kappa shape index (κ3) is 5.03. The van der Waals surface area contributed by atoms with Crippen LogP contribution in [0.1, 0.15) is 5.56 Å². The number of aromatic hydroxyl groups is 1. The van der Waals surface area contributed by atoms with E-state index in [0.29, 0.717) is 17.1 Å². The number of nitrogens with one attached hydrogen (secondary N) is 2. The fourth-order valence-corrected chi connectivity index (χ4v) is 5.14. The molecule has 1 aromatic heterocycles. The summed E-state index contributed by atoms with van der Waals surface area (Å²) in [6.45, 7) is 0. The first kappa shape index (κ1) is 25.5. The summed E-state index contributed by atoms with van der Waals surface area (Å²) in [4.78, 5) is 31.3. The number of aromatic nitrogens is 2. The first-order chi connectivity index (χ1) is 18.8. The number of para-hydroxylation sites is 2. The first-order valence-corrected chi connectivity index (χ1v) is 13.1. The van der Waals surface area contributed by atoms with E-state index in [2.05, 4.69) is 14.7 Å². The van der Waals surface area contributed by atoms with E-state index in [0.717, 1.165) is 21.6 Å². The van der Waals surface area contributed by atoms with Gasteiger partial charge in [0.25, 0.3) is 15.6 Å². The average molecular weight is 543 g/mol. The number of H-pyrrole nitrogens is 1. The fraction of sp³-hybridized carbons (Fsp3) is 0.0357. The molecular formula is C28H22N4O6S. The molecule has 196 valence electrons. The highest BCUT2D eigenvalue weighted by Crippen LogP contribution is 2.27. The van der Waals surface area contributed by atoms with Crippen LogP contribution in [0.15, 0.2) is 110 Å². The van der Waals surface area contributed by atoms with Crippen LogP contribution in [0.5, 0.6) is 11.6 Å².